The number of aromatic nitrogens is 1. The number of allylic oxidation sites excluding steroid dienone is 1. The van der Waals surface area contributed by atoms with E-state index in [1.165, 1.54) is 5.56 Å². The van der Waals surface area contributed by atoms with Gasteiger partial charge in [0.1, 0.15) is 18.4 Å². The molecule has 0 bridgehead atoms. The maximum Gasteiger partial charge on any atom is 0.221 e. The van der Waals surface area contributed by atoms with E-state index < -0.39 is 10.0 Å². The zero-order valence-electron chi connectivity index (χ0n) is 20.5. The molecule has 1 aliphatic rings. The number of Topliss-reactive ketones (excluding diaryl/α,β-unsaturated/α-hetero) is 1. The molecule has 33 heavy (non-hydrogen) atoms. The number of fused-ring (bicyclic) bond motifs is 1. The van der Waals surface area contributed by atoms with E-state index in [1.54, 1.807) is 25.2 Å². The summed E-state index contributed by atoms with van der Waals surface area (Å²) in [5, 5.41) is 10.6. The zero-order valence-corrected chi connectivity index (χ0v) is 21.3. The number of hydrogen-bond donors (Lipinski definition) is 0. The molecule has 1 aromatic carbocycles. The third kappa shape index (κ3) is 7.08. The lowest BCUT2D eigenvalue weighted by Gasteiger charge is -2.26. The van der Waals surface area contributed by atoms with Crippen LogP contribution in [0.4, 0.5) is 0 Å². The van der Waals surface area contributed by atoms with Gasteiger partial charge in [0, 0.05) is 51.1 Å². The van der Waals surface area contributed by atoms with Gasteiger partial charge in [-0.1, -0.05) is 12.1 Å². The Bertz CT molecular complexity index is 1040. The smallest absolute Gasteiger partial charge is 0.221 e. The molecule has 0 N–H and O–H groups in total. The molecular formula is C25H36N4O3S. The Kier molecular flexibility index (Phi) is 8.60. The van der Waals surface area contributed by atoms with Gasteiger partial charge in [-0.25, -0.2) is 10.0 Å². The average molecular weight is 473 g/mol. The van der Waals surface area contributed by atoms with Crippen molar-refractivity contribution in [1.82, 2.24) is 14.4 Å². The summed E-state index contributed by atoms with van der Waals surface area (Å²) >= 11 is 0. The number of ether oxygens (including phenoxy) is 2. The lowest BCUT2D eigenvalue weighted by atomic mass is 10.1. The zero-order chi connectivity index (χ0) is 24.0. The third-order valence-electron chi connectivity index (χ3n) is 5.52. The number of carbonyl (C=O) groups excluding carboxylic acids is 1. The van der Waals surface area contributed by atoms with Crippen molar-refractivity contribution in [3.63, 3.8) is 0 Å². The fourth-order valence-electron chi connectivity index (χ4n) is 3.74. The standard InChI is InChI=1S/C25H36N4O3S/c1-27(2)18-22(16-26)25(30)24-15-21-7-6-20(17-28-8-10-31-11-9-28)14-23(21)29(24)19-32-12-13-33(3,4)5/h6-7,14-15,18H,8-13,17,19H2,1-5H3/b22-18+. The Morgan fingerprint density at radius 3 is 2.61 bits per heavy atom. The predicted octanol–water partition coefficient (Wildman–Crippen LogP) is 3.29. The van der Waals surface area contributed by atoms with Crippen LogP contribution in [0, 0.1) is 11.3 Å². The van der Waals surface area contributed by atoms with Crippen LogP contribution in [-0.2, 0) is 22.7 Å². The van der Waals surface area contributed by atoms with Gasteiger partial charge in [0.15, 0.2) is 0 Å². The van der Waals surface area contributed by atoms with Gasteiger partial charge in [-0.3, -0.25) is 9.69 Å². The molecule has 7 nitrogen and oxygen atoms in total. The molecular weight excluding hydrogens is 436 g/mol. The first-order valence-electron chi connectivity index (χ1n) is 11.2. The second-order valence-corrected chi connectivity index (χ2v) is 14.1. The summed E-state index contributed by atoms with van der Waals surface area (Å²) in [5.41, 5.74) is 2.73. The predicted molar refractivity (Wildman–Crippen MR) is 136 cm³/mol. The molecule has 0 amide bonds. The van der Waals surface area contributed by atoms with Gasteiger partial charge in [-0.05, 0) is 36.5 Å². The van der Waals surface area contributed by atoms with Crippen LogP contribution >= 0.6 is 10.0 Å². The molecule has 0 spiro atoms. The molecule has 0 saturated carbocycles. The highest BCUT2D eigenvalue weighted by Gasteiger charge is 2.21. The van der Waals surface area contributed by atoms with Gasteiger partial charge < -0.3 is 18.9 Å². The molecule has 2 heterocycles. The average Bonchev–Trinajstić information content (AvgIpc) is 3.12. The number of carbonyl (C=O) groups is 1. The summed E-state index contributed by atoms with van der Waals surface area (Å²) in [7, 11) is 2.94. The van der Waals surface area contributed by atoms with Gasteiger partial charge in [0.05, 0.1) is 31.0 Å². The number of morpholine rings is 1. The molecule has 180 valence electrons. The monoisotopic (exact) mass is 472 g/mol. The second kappa shape index (κ2) is 11.2. The van der Waals surface area contributed by atoms with Crippen LogP contribution in [0.1, 0.15) is 16.1 Å². The quantitative estimate of drug-likeness (QED) is 0.229. The van der Waals surface area contributed by atoms with E-state index >= 15 is 0 Å². The number of nitriles is 1. The summed E-state index contributed by atoms with van der Waals surface area (Å²) in [6.07, 6.45) is 8.36. The van der Waals surface area contributed by atoms with Crippen LogP contribution in [0.15, 0.2) is 36.0 Å². The van der Waals surface area contributed by atoms with E-state index in [4.69, 9.17) is 9.47 Å². The van der Waals surface area contributed by atoms with Crippen molar-refractivity contribution in [1.29, 1.82) is 5.26 Å². The van der Waals surface area contributed by atoms with Crippen molar-refractivity contribution in [3.8, 4) is 6.07 Å². The Labute approximate surface area is 198 Å². The van der Waals surface area contributed by atoms with Crippen LogP contribution in [-0.4, -0.2) is 91.7 Å². The summed E-state index contributed by atoms with van der Waals surface area (Å²) in [5.74, 6) is 0.712. The van der Waals surface area contributed by atoms with Crippen molar-refractivity contribution in [3.05, 3.63) is 47.3 Å². The van der Waals surface area contributed by atoms with Gasteiger partial charge in [-0.2, -0.15) is 5.26 Å². The molecule has 0 atom stereocenters. The molecule has 1 aliphatic heterocycles. The minimum absolute atomic E-state index is 0.108. The summed E-state index contributed by atoms with van der Waals surface area (Å²) in [6.45, 7) is 5.11. The van der Waals surface area contributed by atoms with E-state index in [-0.39, 0.29) is 18.1 Å². The maximum atomic E-state index is 13.3. The van der Waals surface area contributed by atoms with Crippen molar-refractivity contribution < 1.29 is 14.3 Å². The Morgan fingerprint density at radius 2 is 1.97 bits per heavy atom. The first-order valence-corrected chi connectivity index (χ1v) is 14.2. The first kappa shape index (κ1) is 25.3. The van der Waals surface area contributed by atoms with Crippen molar-refractivity contribution in [2.45, 2.75) is 13.3 Å². The molecule has 1 saturated heterocycles. The Hall–Kier alpha value is -2.31. The van der Waals surface area contributed by atoms with E-state index in [2.05, 4.69) is 47.9 Å². The highest BCUT2D eigenvalue weighted by atomic mass is 32.3. The molecule has 0 radical (unpaired) electrons. The maximum absolute atomic E-state index is 13.3. The molecule has 1 fully saturated rings. The summed E-state index contributed by atoms with van der Waals surface area (Å²) in [6, 6.07) is 10.2. The number of hydrogen-bond acceptors (Lipinski definition) is 6. The normalized spacial score (nSPS) is 16.1. The largest absolute Gasteiger partial charge is 0.382 e. The van der Waals surface area contributed by atoms with E-state index in [9.17, 15) is 10.1 Å². The molecule has 3 rings (SSSR count). The minimum atomic E-state index is -0.663. The third-order valence-corrected chi connectivity index (χ3v) is 6.92. The highest BCUT2D eigenvalue weighted by molar-refractivity contribution is 8.32. The molecule has 0 aliphatic carbocycles. The fraction of sp³-hybridized carbons (Fsp3) is 0.520. The first-order chi connectivity index (χ1) is 15.7. The van der Waals surface area contributed by atoms with Gasteiger partial charge in [-0.15, -0.1) is 0 Å². The summed E-state index contributed by atoms with van der Waals surface area (Å²) in [4.78, 5) is 17.4. The van der Waals surface area contributed by atoms with Gasteiger partial charge in [0.2, 0.25) is 5.78 Å². The minimum Gasteiger partial charge on any atom is -0.382 e. The van der Waals surface area contributed by atoms with Crippen LogP contribution in [0.3, 0.4) is 0 Å². The number of nitrogens with zero attached hydrogens (tertiary/aromatic N) is 4. The van der Waals surface area contributed by atoms with Crippen molar-refractivity contribution >= 4 is 26.7 Å². The van der Waals surface area contributed by atoms with Gasteiger partial charge in [0.25, 0.3) is 0 Å². The van der Waals surface area contributed by atoms with Crippen LogP contribution in [0.5, 0.6) is 0 Å². The van der Waals surface area contributed by atoms with Crippen molar-refractivity contribution in [2.24, 2.45) is 0 Å². The molecule has 0 unspecified atom stereocenters. The van der Waals surface area contributed by atoms with Gasteiger partial charge >= 0.3 is 0 Å². The molecule has 1 aromatic heterocycles. The molecule has 8 heteroatoms. The highest BCUT2D eigenvalue weighted by Crippen LogP contribution is 2.33. The van der Waals surface area contributed by atoms with Crippen LogP contribution in [0.2, 0.25) is 0 Å². The van der Waals surface area contributed by atoms with Crippen LogP contribution in [0.25, 0.3) is 10.9 Å². The SMILES string of the molecule is CN(C)/C=C(\C#N)C(=O)c1cc2ccc(CN3CCOCC3)cc2n1COCCS(C)(C)C. The van der Waals surface area contributed by atoms with E-state index in [1.807, 2.05) is 10.6 Å². The van der Waals surface area contributed by atoms with E-state index in [0.29, 0.717) is 12.3 Å². The number of rotatable bonds is 10. The molecule has 2 aromatic rings. The topological polar surface area (TPSA) is 70.7 Å². The second-order valence-electron chi connectivity index (χ2n) is 9.52. The lowest BCUT2D eigenvalue weighted by molar-refractivity contribution is 0.0342. The lowest BCUT2D eigenvalue weighted by Crippen LogP contribution is -2.35. The Morgan fingerprint density at radius 1 is 1.24 bits per heavy atom. The fourth-order valence-corrected chi connectivity index (χ4v) is 4.36. The van der Waals surface area contributed by atoms with Crippen molar-refractivity contribution in [2.75, 3.05) is 71.5 Å². The number of ketones is 1. The van der Waals surface area contributed by atoms with Crippen LogP contribution < -0.4 is 0 Å². The van der Waals surface area contributed by atoms with E-state index in [0.717, 1.165) is 49.5 Å². The Balaban J connectivity index is 1.93. The number of benzene rings is 1. The summed E-state index contributed by atoms with van der Waals surface area (Å²) < 4.78 is 13.4.